The van der Waals surface area contributed by atoms with Gasteiger partial charge in [-0.3, -0.25) is 4.57 Å². The number of aromatic nitrogens is 3. The number of imidazole rings is 1. The minimum absolute atomic E-state index is 0.479. The van der Waals surface area contributed by atoms with Crippen LogP contribution in [0.2, 0.25) is 0 Å². The molecule has 0 bridgehead atoms. The molecular formula is C17H20N4. The van der Waals surface area contributed by atoms with E-state index in [2.05, 4.69) is 41.2 Å². The van der Waals surface area contributed by atoms with E-state index >= 15 is 0 Å². The van der Waals surface area contributed by atoms with Crippen LogP contribution in [0.25, 0.3) is 11.2 Å². The van der Waals surface area contributed by atoms with Crippen LogP contribution in [-0.2, 0) is 6.54 Å². The van der Waals surface area contributed by atoms with Crippen molar-refractivity contribution in [3.63, 3.8) is 0 Å². The quantitative estimate of drug-likeness (QED) is 0.795. The second kappa shape index (κ2) is 5.56. The van der Waals surface area contributed by atoms with Gasteiger partial charge in [0.1, 0.15) is 5.52 Å². The van der Waals surface area contributed by atoms with Crippen molar-refractivity contribution >= 4 is 17.1 Å². The topological polar surface area (TPSA) is 56.7 Å². The summed E-state index contributed by atoms with van der Waals surface area (Å²) >= 11 is 0. The molecule has 2 heterocycles. The molecular weight excluding hydrogens is 260 g/mol. The first-order valence-electron chi connectivity index (χ1n) is 7.29. The van der Waals surface area contributed by atoms with Crippen molar-refractivity contribution in [2.45, 2.75) is 32.7 Å². The number of fused-ring (bicyclic) bond motifs is 1. The van der Waals surface area contributed by atoms with Gasteiger partial charge in [-0.2, -0.15) is 0 Å². The number of hydrogen-bond donors (Lipinski definition) is 1. The third-order valence-corrected chi connectivity index (χ3v) is 3.92. The highest BCUT2D eigenvalue weighted by molar-refractivity contribution is 5.74. The Bertz CT molecular complexity index is 746. The molecule has 0 aliphatic heterocycles. The van der Waals surface area contributed by atoms with Crippen molar-refractivity contribution in [2.75, 3.05) is 5.73 Å². The van der Waals surface area contributed by atoms with Crippen LogP contribution in [0.3, 0.4) is 0 Å². The highest BCUT2D eigenvalue weighted by Crippen LogP contribution is 2.22. The number of benzene rings is 1. The molecule has 0 saturated carbocycles. The molecule has 3 rings (SSSR count). The van der Waals surface area contributed by atoms with Crippen LogP contribution in [0.1, 0.15) is 30.5 Å². The Morgan fingerprint density at radius 2 is 1.86 bits per heavy atom. The van der Waals surface area contributed by atoms with Gasteiger partial charge in [-0.1, -0.05) is 37.3 Å². The van der Waals surface area contributed by atoms with Gasteiger partial charge in [0, 0.05) is 12.2 Å². The summed E-state index contributed by atoms with van der Waals surface area (Å²) < 4.78 is 2.02. The molecule has 21 heavy (non-hydrogen) atoms. The lowest BCUT2D eigenvalue weighted by Gasteiger charge is -2.13. The summed E-state index contributed by atoms with van der Waals surface area (Å²) in [4.78, 5) is 8.95. The third-order valence-electron chi connectivity index (χ3n) is 3.92. The zero-order valence-electron chi connectivity index (χ0n) is 12.5. The van der Waals surface area contributed by atoms with Gasteiger partial charge in [-0.25, -0.2) is 9.97 Å². The van der Waals surface area contributed by atoms with Gasteiger partial charge in [-0.15, -0.1) is 0 Å². The Morgan fingerprint density at radius 1 is 1.10 bits per heavy atom. The number of hydrogen-bond acceptors (Lipinski definition) is 3. The molecule has 2 aromatic heterocycles. The largest absolute Gasteiger partial charge is 0.369 e. The van der Waals surface area contributed by atoms with E-state index in [0.29, 0.717) is 11.9 Å². The first kappa shape index (κ1) is 13.6. The number of pyridine rings is 1. The predicted molar refractivity (Wildman–Crippen MR) is 86.2 cm³/mol. The minimum atomic E-state index is 0.479. The van der Waals surface area contributed by atoms with Crippen LogP contribution in [0.4, 0.5) is 5.95 Å². The Balaban J connectivity index is 1.82. The second-order valence-electron chi connectivity index (χ2n) is 5.52. The predicted octanol–water partition coefficient (Wildman–Crippen LogP) is 3.52. The molecule has 1 unspecified atom stereocenters. The van der Waals surface area contributed by atoms with Crippen LogP contribution in [0, 0.1) is 6.92 Å². The summed E-state index contributed by atoms with van der Waals surface area (Å²) in [5, 5.41) is 0. The minimum Gasteiger partial charge on any atom is -0.369 e. The van der Waals surface area contributed by atoms with Crippen molar-refractivity contribution in [1.29, 1.82) is 0 Å². The lowest BCUT2D eigenvalue weighted by atomic mass is 9.98. The summed E-state index contributed by atoms with van der Waals surface area (Å²) in [7, 11) is 0. The first-order chi connectivity index (χ1) is 10.1. The number of nitrogen functional groups attached to an aromatic ring is 1. The number of nitrogens with zero attached hydrogens (tertiary/aromatic N) is 3. The molecule has 1 aromatic carbocycles. The lowest BCUT2D eigenvalue weighted by molar-refractivity contribution is 0.588. The van der Waals surface area contributed by atoms with Gasteiger partial charge in [0.15, 0.2) is 5.65 Å². The molecule has 3 aromatic rings. The SMILES string of the molecule is Cc1ccc2nc(N)n(CCC(C)c3ccccc3)c2n1. The average molecular weight is 280 g/mol. The first-order valence-corrected chi connectivity index (χ1v) is 7.29. The molecule has 0 amide bonds. The number of anilines is 1. The molecule has 0 fully saturated rings. The van der Waals surface area contributed by atoms with Crippen LogP contribution in [0.5, 0.6) is 0 Å². The Morgan fingerprint density at radius 3 is 2.62 bits per heavy atom. The normalized spacial score (nSPS) is 12.7. The number of rotatable bonds is 4. The molecule has 1 atom stereocenters. The van der Waals surface area contributed by atoms with E-state index in [1.165, 1.54) is 5.56 Å². The summed E-state index contributed by atoms with van der Waals surface area (Å²) in [6.07, 6.45) is 1.01. The Labute approximate surface area is 124 Å². The number of aryl methyl sites for hydroxylation is 2. The van der Waals surface area contributed by atoms with E-state index < -0.39 is 0 Å². The van der Waals surface area contributed by atoms with E-state index in [-0.39, 0.29) is 0 Å². The molecule has 0 aliphatic rings. The summed E-state index contributed by atoms with van der Waals surface area (Å²) in [5.74, 6) is 1.02. The van der Waals surface area contributed by atoms with Crippen LogP contribution < -0.4 is 5.73 Å². The van der Waals surface area contributed by atoms with Crippen molar-refractivity contribution in [3.8, 4) is 0 Å². The maximum Gasteiger partial charge on any atom is 0.202 e. The smallest absolute Gasteiger partial charge is 0.202 e. The average Bonchev–Trinajstić information content (AvgIpc) is 2.80. The fraction of sp³-hybridized carbons (Fsp3) is 0.294. The van der Waals surface area contributed by atoms with Crippen molar-refractivity contribution < 1.29 is 0 Å². The standard InChI is InChI=1S/C17H20N4/c1-12(14-6-4-3-5-7-14)10-11-21-16-15(20-17(21)18)9-8-13(2)19-16/h3-9,12H,10-11H2,1-2H3,(H2,18,20). The summed E-state index contributed by atoms with van der Waals surface area (Å²) in [6, 6.07) is 14.5. The highest BCUT2D eigenvalue weighted by Gasteiger charge is 2.11. The van der Waals surface area contributed by atoms with Crippen LogP contribution in [-0.4, -0.2) is 14.5 Å². The molecule has 2 N–H and O–H groups in total. The fourth-order valence-electron chi connectivity index (χ4n) is 2.61. The molecule has 0 radical (unpaired) electrons. The van der Waals surface area contributed by atoms with Crippen LogP contribution >= 0.6 is 0 Å². The molecule has 0 spiro atoms. The maximum atomic E-state index is 6.04. The fourth-order valence-corrected chi connectivity index (χ4v) is 2.61. The van der Waals surface area contributed by atoms with Gasteiger partial charge in [0.2, 0.25) is 5.95 Å². The zero-order valence-corrected chi connectivity index (χ0v) is 12.5. The highest BCUT2D eigenvalue weighted by atomic mass is 15.2. The van der Waals surface area contributed by atoms with Gasteiger partial charge in [0.05, 0.1) is 0 Å². The van der Waals surface area contributed by atoms with Gasteiger partial charge in [0.25, 0.3) is 0 Å². The van der Waals surface area contributed by atoms with E-state index in [9.17, 15) is 0 Å². The summed E-state index contributed by atoms with van der Waals surface area (Å²) in [6.45, 7) is 5.05. The van der Waals surface area contributed by atoms with Gasteiger partial charge in [-0.05, 0) is 37.0 Å². The van der Waals surface area contributed by atoms with E-state index in [4.69, 9.17) is 5.73 Å². The second-order valence-corrected chi connectivity index (χ2v) is 5.52. The van der Waals surface area contributed by atoms with E-state index in [1.807, 2.05) is 29.7 Å². The molecule has 0 saturated heterocycles. The number of nitrogens with two attached hydrogens (primary N) is 1. The monoisotopic (exact) mass is 280 g/mol. The molecule has 0 aliphatic carbocycles. The molecule has 108 valence electrons. The van der Waals surface area contributed by atoms with E-state index in [1.54, 1.807) is 0 Å². The van der Waals surface area contributed by atoms with Gasteiger partial charge >= 0.3 is 0 Å². The maximum absolute atomic E-state index is 6.04. The van der Waals surface area contributed by atoms with Crippen molar-refractivity contribution in [2.24, 2.45) is 0 Å². The molecule has 4 nitrogen and oxygen atoms in total. The zero-order chi connectivity index (χ0) is 14.8. The molecule has 4 heteroatoms. The van der Waals surface area contributed by atoms with E-state index in [0.717, 1.165) is 29.8 Å². The third kappa shape index (κ3) is 2.75. The Hall–Kier alpha value is -2.36. The van der Waals surface area contributed by atoms with Gasteiger partial charge < -0.3 is 5.73 Å². The van der Waals surface area contributed by atoms with Crippen molar-refractivity contribution in [3.05, 3.63) is 53.7 Å². The van der Waals surface area contributed by atoms with Crippen molar-refractivity contribution in [1.82, 2.24) is 14.5 Å². The Kier molecular flexibility index (Phi) is 3.60. The summed E-state index contributed by atoms with van der Waals surface area (Å²) in [5.41, 5.74) is 10.1. The lowest BCUT2D eigenvalue weighted by Crippen LogP contribution is -2.07. The van der Waals surface area contributed by atoms with Crippen LogP contribution in [0.15, 0.2) is 42.5 Å².